The number of amides is 2. The van der Waals surface area contributed by atoms with Crippen LogP contribution in [0.3, 0.4) is 0 Å². The molecule has 0 aromatic rings. The van der Waals surface area contributed by atoms with Gasteiger partial charge in [0.25, 0.3) is 0 Å². The number of nitrogens with zero attached hydrogens (tertiary/aromatic N) is 1. The Kier molecular flexibility index (Phi) is 6.28. The minimum absolute atomic E-state index is 0.0203. The van der Waals surface area contributed by atoms with E-state index in [9.17, 15) is 9.59 Å². The molecule has 5 nitrogen and oxygen atoms in total. The number of hydrogen-bond acceptors (Lipinski definition) is 3. The summed E-state index contributed by atoms with van der Waals surface area (Å²) in [5.74, 6) is 0.360. The molecule has 1 aliphatic heterocycles. The van der Waals surface area contributed by atoms with Crippen LogP contribution in [0.2, 0.25) is 0 Å². The zero-order valence-electron chi connectivity index (χ0n) is 12.4. The van der Waals surface area contributed by atoms with Gasteiger partial charge >= 0.3 is 0 Å². The molecule has 1 rings (SSSR count). The van der Waals surface area contributed by atoms with Crippen LogP contribution in [0.25, 0.3) is 0 Å². The smallest absolute Gasteiger partial charge is 0.245 e. The standard InChI is InChI=1S/C14H26N2O3/c1-10(2)9-12-14(18)16(6-5-13(17)15-12)7-8-19-11(3)4/h10-12H,5-9H2,1-4H3,(H,15,17). The Bertz CT molecular complexity index is 316. The largest absolute Gasteiger partial charge is 0.377 e. The zero-order valence-corrected chi connectivity index (χ0v) is 12.4. The molecule has 19 heavy (non-hydrogen) atoms. The van der Waals surface area contributed by atoms with Crippen LogP contribution < -0.4 is 5.32 Å². The van der Waals surface area contributed by atoms with Gasteiger partial charge in [-0.05, 0) is 26.2 Å². The van der Waals surface area contributed by atoms with Crippen molar-refractivity contribution in [3.63, 3.8) is 0 Å². The summed E-state index contributed by atoms with van der Waals surface area (Å²) in [6.45, 7) is 9.61. The van der Waals surface area contributed by atoms with Crippen LogP contribution in [0.15, 0.2) is 0 Å². The van der Waals surface area contributed by atoms with Crippen molar-refractivity contribution in [1.82, 2.24) is 10.2 Å². The van der Waals surface area contributed by atoms with Crippen LogP contribution >= 0.6 is 0 Å². The Morgan fingerprint density at radius 3 is 2.58 bits per heavy atom. The Hall–Kier alpha value is -1.10. The molecule has 0 spiro atoms. The molecular weight excluding hydrogens is 244 g/mol. The van der Waals surface area contributed by atoms with Crippen molar-refractivity contribution in [2.24, 2.45) is 5.92 Å². The summed E-state index contributed by atoms with van der Waals surface area (Å²) in [6, 6.07) is -0.381. The molecule has 0 saturated carbocycles. The molecule has 1 aliphatic rings. The van der Waals surface area contributed by atoms with Gasteiger partial charge in [-0.25, -0.2) is 0 Å². The number of nitrogens with one attached hydrogen (secondary N) is 1. The van der Waals surface area contributed by atoms with Crippen molar-refractivity contribution in [3.8, 4) is 0 Å². The minimum Gasteiger partial charge on any atom is -0.377 e. The van der Waals surface area contributed by atoms with Crippen LogP contribution in [-0.4, -0.2) is 48.6 Å². The summed E-state index contributed by atoms with van der Waals surface area (Å²) in [4.78, 5) is 25.7. The SMILES string of the molecule is CC(C)CC1NC(=O)CCN(CCOC(C)C)C1=O. The maximum atomic E-state index is 12.4. The Morgan fingerprint density at radius 2 is 2.00 bits per heavy atom. The highest BCUT2D eigenvalue weighted by atomic mass is 16.5. The average molecular weight is 270 g/mol. The molecule has 0 radical (unpaired) electrons. The van der Waals surface area contributed by atoms with E-state index >= 15 is 0 Å². The van der Waals surface area contributed by atoms with Crippen molar-refractivity contribution >= 4 is 11.8 Å². The van der Waals surface area contributed by atoms with Crippen LogP contribution in [0.4, 0.5) is 0 Å². The highest BCUT2D eigenvalue weighted by molar-refractivity contribution is 5.89. The lowest BCUT2D eigenvalue weighted by atomic mass is 10.0. The molecule has 0 aromatic carbocycles. The number of carbonyl (C=O) groups is 2. The average Bonchev–Trinajstić information content (AvgIpc) is 2.41. The Balaban J connectivity index is 2.59. The summed E-state index contributed by atoms with van der Waals surface area (Å²) in [6.07, 6.45) is 1.22. The van der Waals surface area contributed by atoms with Crippen molar-refractivity contribution < 1.29 is 14.3 Å². The van der Waals surface area contributed by atoms with Crippen LogP contribution in [-0.2, 0) is 14.3 Å². The van der Waals surface area contributed by atoms with Crippen LogP contribution in [0, 0.1) is 5.92 Å². The van der Waals surface area contributed by atoms with E-state index in [1.807, 2.05) is 13.8 Å². The van der Waals surface area contributed by atoms with Gasteiger partial charge in [0, 0.05) is 19.5 Å². The van der Waals surface area contributed by atoms with E-state index in [1.54, 1.807) is 4.90 Å². The predicted molar refractivity (Wildman–Crippen MR) is 73.7 cm³/mol. The molecule has 1 heterocycles. The zero-order chi connectivity index (χ0) is 14.4. The lowest BCUT2D eigenvalue weighted by Gasteiger charge is -2.25. The third-order valence-electron chi connectivity index (χ3n) is 3.07. The Labute approximate surface area is 115 Å². The number of ether oxygens (including phenoxy) is 1. The molecule has 1 atom stereocenters. The second kappa shape index (κ2) is 7.48. The topological polar surface area (TPSA) is 58.6 Å². The number of hydrogen-bond donors (Lipinski definition) is 1. The van der Waals surface area contributed by atoms with E-state index < -0.39 is 0 Å². The van der Waals surface area contributed by atoms with Gasteiger partial charge < -0.3 is 15.0 Å². The fourth-order valence-electron chi connectivity index (χ4n) is 2.15. The van der Waals surface area contributed by atoms with E-state index in [-0.39, 0.29) is 24.0 Å². The molecular formula is C14H26N2O3. The van der Waals surface area contributed by atoms with Crippen molar-refractivity contribution in [3.05, 3.63) is 0 Å². The molecule has 1 saturated heterocycles. The van der Waals surface area contributed by atoms with Gasteiger partial charge in [0.05, 0.1) is 12.7 Å². The molecule has 0 aromatic heterocycles. The van der Waals surface area contributed by atoms with Gasteiger partial charge in [-0.15, -0.1) is 0 Å². The van der Waals surface area contributed by atoms with Gasteiger partial charge in [0.15, 0.2) is 0 Å². The third kappa shape index (κ3) is 5.59. The van der Waals surface area contributed by atoms with Gasteiger partial charge in [-0.1, -0.05) is 13.8 Å². The summed E-state index contributed by atoms with van der Waals surface area (Å²) in [5, 5.41) is 2.82. The van der Waals surface area contributed by atoms with E-state index in [2.05, 4.69) is 19.2 Å². The lowest BCUT2D eigenvalue weighted by molar-refractivity contribution is -0.134. The lowest BCUT2D eigenvalue weighted by Crippen LogP contribution is -2.46. The molecule has 0 aliphatic carbocycles. The minimum atomic E-state index is -0.381. The van der Waals surface area contributed by atoms with Crippen molar-refractivity contribution in [2.45, 2.75) is 52.7 Å². The Morgan fingerprint density at radius 1 is 1.32 bits per heavy atom. The molecule has 1 N–H and O–H groups in total. The normalized spacial score (nSPS) is 20.9. The monoisotopic (exact) mass is 270 g/mol. The van der Waals surface area contributed by atoms with E-state index in [4.69, 9.17) is 4.74 Å². The van der Waals surface area contributed by atoms with Gasteiger partial charge in [0.2, 0.25) is 11.8 Å². The van der Waals surface area contributed by atoms with Crippen molar-refractivity contribution in [1.29, 1.82) is 0 Å². The second-order valence-corrected chi connectivity index (χ2v) is 5.74. The van der Waals surface area contributed by atoms with E-state index in [0.29, 0.717) is 38.5 Å². The first kappa shape index (κ1) is 16.0. The number of carbonyl (C=O) groups excluding carboxylic acids is 2. The predicted octanol–water partition coefficient (Wildman–Crippen LogP) is 1.17. The van der Waals surface area contributed by atoms with E-state index in [0.717, 1.165) is 0 Å². The summed E-state index contributed by atoms with van der Waals surface area (Å²) in [7, 11) is 0. The first-order valence-corrected chi connectivity index (χ1v) is 7.10. The van der Waals surface area contributed by atoms with Crippen LogP contribution in [0.1, 0.15) is 40.5 Å². The quantitative estimate of drug-likeness (QED) is 0.788. The molecule has 1 unspecified atom stereocenters. The first-order valence-electron chi connectivity index (χ1n) is 7.10. The van der Waals surface area contributed by atoms with Gasteiger partial charge in [-0.3, -0.25) is 9.59 Å². The fraction of sp³-hybridized carbons (Fsp3) is 0.857. The molecule has 110 valence electrons. The number of rotatable bonds is 6. The first-order chi connectivity index (χ1) is 8.90. The summed E-state index contributed by atoms with van der Waals surface area (Å²) >= 11 is 0. The third-order valence-corrected chi connectivity index (χ3v) is 3.07. The van der Waals surface area contributed by atoms with Gasteiger partial charge in [-0.2, -0.15) is 0 Å². The van der Waals surface area contributed by atoms with E-state index in [1.165, 1.54) is 0 Å². The maximum absolute atomic E-state index is 12.4. The van der Waals surface area contributed by atoms with Crippen LogP contribution in [0.5, 0.6) is 0 Å². The summed E-state index contributed by atoms with van der Waals surface area (Å²) < 4.78 is 5.48. The highest BCUT2D eigenvalue weighted by Gasteiger charge is 2.29. The van der Waals surface area contributed by atoms with Gasteiger partial charge in [0.1, 0.15) is 6.04 Å². The highest BCUT2D eigenvalue weighted by Crippen LogP contribution is 2.11. The second-order valence-electron chi connectivity index (χ2n) is 5.74. The molecule has 1 fully saturated rings. The molecule has 2 amide bonds. The summed E-state index contributed by atoms with van der Waals surface area (Å²) in [5.41, 5.74) is 0. The fourth-order valence-corrected chi connectivity index (χ4v) is 2.15. The van der Waals surface area contributed by atoms with Crippen molar-refractivity contribution in [2.75, 3.05) is 19.7 Å². The molecule has 5 heteroatoms. The molecule has 0 bridgehead atoms. The maximum Gasteiger partial charge on any atom is 0.245 e.